The maximum Gasteiger partial charge on any atom is 0.231 e. The predicted molar refractivity (Wildman–Crippen MR) is 97.3 cm³/mol. The van der Waals surface area contributed by atoms with Gasteiger partial charge in [0.15, 0.2) is 5.82 Å². The van der Waals surface area contributed by atoms with Crippen molar-refractivity contribution in [3.63, 3.8) is 0 Å². The van der Waals surface area contributed by atoms with Gasteiger partial charge in [-0.25, -0.2) is 0 Å². The highest BCUT2D eigenvalue weighted by Crippen LogP contribution is 2.27. The normalized spacial score (nSPS) is 13.1. The number of benzene rings is 2. The Kier molecular flexibility index (Phi) is 6.12. The monoisotopic (exact) mass is 343 g/mol. The van der Waals surface area contributed by atoms with E-state index in [1.54, 1.807) is 0 Å². The van der Waals surface area contributed by atoms with Crippen LogP contribution in [0.25, 0.3) is 0 Å². The third-order valence-corrected chi connectivity index (χ3v) is 4.21. The Hall–Kier alpha value is -2.17. The lowest BCUT2D eigenvalue weighted by Gasteiger charge is -2.16. The standard InChI is InChI=1S/C19H21N3O.ClH/c1-13-8-6-7-11-16(13)12-17-21-19(23-22-17)14(2)18(20)15-9-4-3-5-10-15;/h3-11,14,18H,12,20H2,1-2H3;1H. The molecule has 0 saturated heterocycles. The highest BCUT2D eigenvalue weighted by molar-refractivity contribution is 5.85. The number of rotatable bonds is 5. The molecule has 0 saturated carbocycles. The molecule has 0 bridgehead atoms. The van der Waals surface area contributed by atoms with Crippen LogP contribution in [0.1, 0.15) is 47.3 Å². The molecule has 0 spiro atoms. The van der Waals surface area contributed by atoms with E-state index in [-0.39, 0.29) is 24.4 Å². The summed E-state index contributed by atoms with van der Waals surface area (Å²) in [4.78, 5) is 4.54. The van der Waals surface area contributed by atoms with Crippen molar-refractivity contribution >= 4 is 12.4 Å². The second-order valence-corrected chi connectivity index (χ2v) is 5.88. The summed E-state index contributed by atoms with van der Waals surface area (Å²) in [6, 6.07) is 18.1. The van der Waals surface area contributed by atoms with Gasteiger partial charge in [0.05, 0.1) is 5.92 Å². The van der Waals surface area contributed by atoms with Crippen molar-refractivity contribution in [3.8, 4) is 0 Å². The molecule has 4 nitrogen and oxygen atoms in total. The number of nitrogens with zero attached hydrogens (tertiary/aromatic N) is 2. The fraction of sp³-hybridized carbons (Fsp3) is 0.263. The average Bonchev–Trinajstić information content (AvgIpc) is 3.05. The van der Waals surface area contributed by atoms with Crippen molar-refractivity contribution in [2.45, 2.75) is 32.2 Å². The summed E-state index contributed by atoms with van der Waals surface area (Å²) in [5.74, 6) is 1.25. The van der Waals surface area contributed by atoms with E-state index < -0.39 is 0 Å². The minimum Gasteiger partial charge on any atom is -0.339 e. The van der Waals surface area contributed by atoms with Crippen LogP contribution in [-0.2, 0) is 6.42 Å². The topological polar surface area (TPSA) is 64.9 Å². The fourth-order valence-corrected chi connectivity index (χ4v) is 2.62. The van der Waals surface area contributed by atoms with Gasteiger partial charge in [-0.05, 0) is 23.6 Å². The molecule has 24 heavy (non-hydrogen) atoms. The van der Waals surface area contributed by atoms with Crippen molar-refractivity contribution in [1.82, 2.24) is 10.1 Å². The molecule has 5 heteroatoms. The van der Waals surface area contributed by atoms with Crippen LogP contribution < -0.4 is 5.73 Å². The molecule has 0 amide bonds. The first-order valence-electron chi connectivity index (χ1n) is 7.82. The Bertz CT molecular complexity index is 773. The zero-order valence-corrected chi connectivity index (χ0v) is 14.7. The first-order chi connectivity index (χ1) is 11.1. The van der Waals surface area contributed by atoms with Gasteiger partial charge in [-0.3, -0.25) is 0 Å². The largest absolute Gasteiger partial charge is 0.339 e. The summed E-state index contributed by atoms with van der Waals surface area (Å²) in [7, 11) is 0. The Balaban J connectivity index is 0.00000208. The van der Waals surface area contributed by atoms with Gasteiger partial charge in [-0.15, -0.1) is 12.4 Å². The lowest BCUT2D eigenvalue weighted by Crippen LogP contribution is -2.17. The number of nitrogens with two attached hydrogens (primary N) is 1. The Morgan fingerprint density at radius 2 is 1.71 bits per heavy atom. The summed E-state index contributed by atoms with van der Waals surface area (Å²) in [6.07, 6.45) is 0.670. The van der Waals surface area contributed by atoms with Crippen LogP contribution in [0.2, 0.25) is 0 Å². The Morgan fingerprint density at radius 3 is 2.42 bits per heavy atom. The van der Waals surface area contributed by atoms with Crippen molar-refractivity contribution in [2.75, 3.05) is 0 Å². The number of halogens is 1. The van der Waals surface area contributed by atoms with Crippen LogP contribution in [0.4, 0.5) is 0 Å². The summed E-state index contributed by atoms with van der Waals surface area (Å²) in [5, 5.41) is 4.11. The van der Waals surface area contributed by atoms with Gasteiger partial charge in [-0.2, -0.15) is 4.98 Å². The highest BCUT2D eigenvalue weighted by Gasteiger charge is 2.22. The quantitative estimate of drug-likeness (QED) is 0.754. The molecule has 0 aliphatic rings. The number of aromatic nitrogens is 2. The molecule has 1 aromatic heterocycles. The van der Waals surface area contributed by atoms with Crippen molar-refractivity contribution < 1.29 is 4.52 Å². The number of hydrogen-bond donors (Lipinski definition) is 1. The predicted octanol–water partition coefficient (Wildman–Crippen LogP) is 4.19. The molecule has 2 unspecified atom stereocenters. The van der Waals surface area contributed by atoms with E-state index in [1.165, 1.54) is 11.1 Å². The smallest absolute Gasteiger partial charge is 0.231 e. The minimum atomic E-state index is -0.164. The van der Waals surface area contributed by atoms with E-state index in [1.807, 2.05) is 49.4 Å². The summed E-state index contributed by atoms with van der Waals surface area (Å²) < 4.78 is 5.44. The zero-order chi connectivity index (χ0) is 16.2. The molecule has 2 aromatic carbocycles. The van der Waals surface area contributed by atoms with Gasteiger partial charge >= 0.3 is 0 Å². The van der Waals surface area contributed by atoms with Crippen LogP contribution in [-0.4, -0.2) is 10.1 Å². The Labute approximate surface area is 148 Å². The van der Waals surface area contributed by atoms with Gasteiger partial charge in [0.1, 0.15) is 0 Å². The average molecular weight is 344 g/mol. The first kappa shape index (κ1) is 18.2. The number of hydrogen-bond acceptors (Lipinski definition) is 4. The first-order valence-corrected chi connectivity index (χ1v) is 7.82. The lowest BCUT2D eigenvalue weighted by atomic mass is 9.95. The van der Waals surface area contributed by atoms with E-state index >= 15 is 0 Å². The van der Waals surface area contributed by atoms with Gasteiger partial charge in [0, 0.05) is 12.5 Å². The van der Waals surface area contributed by atoms with Gasteiger partial charge in [0.25, 0.3) is 0 Å². The highest BCUT2D eigenvalue weighted by atomic mass is 35.5. The van der Waals surface area contributed by atoms with Crippen molar-refractivity contribution in [1.29, 1.82) is 0 Å². The molecule has 0 fully saturated rings. The van der Waals surface area contributed by atoms with Gasteiger partial charge in [-0.1, -0.05) is 66.7 Å². The van der Waals surface area contributed by atoms with E-state index in [4.69, 9.17) is 10.3 Å². The molecule has 0 aliphatic heterocycles. The van der Waals surface area contributed by atoms with E-state index in [2.05, 4.69) is 29.2 Å². The molecular formula is C19H22ClN3O. The molecule has 3 rings (SSSR count). The van der Waals surface area contributed by atoms with E-state index in [0.29, 0.717) is 18.1 Å². The summed E-state index contributed by atoms with van der Waals surface area (Å²) in [5.41, 5.74) is 9.83. The Morgan fingerprint density at radius 1 is 1.04 bits per heavy atom. The maximum absolute atomic E-state index is 6.33. The summed E-state index contributed by atoms with van der Waals surface area (Å²) in [6.45, 7) is 4.10. The minimum absolute atomic E-state index is 0. The van der Waals surface area contributed by atoms with E-state index in [9.17, 15) is 0 Å². The van der Waals surface area contributed by atoms with Crippen LogP contribution in [0, 0.1) is 6.92 Å². The zero-order valence-electron chi connectivity index (χ0n) is 13.8. The van der Waals surface area contributed by atoms with Crippen LogP contribution in [0.3, 0.4) is 0 Å². The van der Waals surface area contributed by atoms with Crippen molar-refractivity contribution in [3.05, 3.63) is 83.0 Å². The molecule has 2 atom stereocenters. The van der Waals surface area contributed by atoms with Crippen LogP contribution >= 0.6 is 12.4 Å². The maximum atomic E-state index is 6.33. The molecule has 126 valence electrons. The second kappa shape index (κ2) is 8.08. The van der Waals surface area contributed by atoms with Gasteiger partial charge < -0.3 is 10.3 Å². The molecule has 1 heterocycles. The van der Waals surface area contributed by atoms with Crippen LogP contribution in [0.5, 0.6) is 0 Å². The summed E-state index contributed by atoms with van der Waals surface area (Å²) >= 11 is 0. The molecule has 3 aromatic rings. The molecule has 0 radical (unpaired) electrons. The van der Waals surface area contributed by atoms with Gasteiger partial charge in [0.2, 0.25) is 5.89 Å². The van der Waals surface area contributed by atoms with Crippen molar-refractivity contribution in [2.24, 2.45) is 5.73 Å². The fourth-order valence-electron chi connectivity index (χ4n) is 2.62. The molecule has 0 aliphatic carbocycles. The lowest BCUT2D eigenvalue weighted by molar-refractivity contribution is 0.340. The molecule has 2 N–H and O–H groups in total. The third-order valence-electron chi connectivity index (χ3n) is 4.21. The SMILES string of the molecule is Cc1ccccc1Cc1noc(C(C)C(N)c2ccccc2)n1.Cl. The third kappa shape index (κ3) is 4.02. The second-order valence-electron chi connectivity index (χ2n) is 5.88. The van der Waals surface area contributed by atoms with Crippen LogP contribution in [0.15, 0.2) is 59.1 Å². The van der Waals surface area contributed by atoms with E-state index in [0.717, 1.165) is 5.56 Å². The molecular weight excluding hydrogens is 322 g/mol. The number of aryl methyl sites for hydroxylation is 1.